The molecule has 184 valence electrons. The molecule has 8 heteroatoms. The average molecular weight is 485 g/mol. The molecule has 2 aromatic carbocycles. The molecule has 0 saturated carbocycles. The summed E-state index contributed by atoms with van der Waals surface area (Å²) in [6, 6.07) is 13.1. The highest BCUT2D eigenvalue weighted by atomic mass is 32.2. The Morgan fingerprint density at radius 3 is 2.32 bits per heavy atom. The van der Waals surface area contributed by atoms with Crippen molar-refractivity contribution in [2.45, 2.75) is 71.2 Å². The number of carbonyl (C=O) groups is 1. The molecule has 0 bridgehead atoms. The maximum absolute atomic E-state index is 12.9. The molecule has 3 aromatic rings. The van der Waals surface area contributed by atoms with Crippen LogP contribution in [0.5, 0.6) is 0 Å². The summed E-state index contributed by atoms with van der Waals surface area (Å²) in [6.07, 6.45) is 1.84. The number of hydrogen-bond acceptors (Lipinski definition) is 4. The largest absolute Gasteiger partial charge is 0.328 e. The molecule has 3 rings (SSSR count). The van der Waals surface area contributed by atoms with Crippen molar-refractivity contribution in [2.24, 2.45) is 0 Å². The van der Waals surface area contributed by atoms with Gasteiger partial charge >= 0.3 is 0 Å². The number of anilines is 1. The number of nitrogens with zero attached hydrogens (tertiary/aromatic N) is 3. The van der Waals surface area contributed by atoms with Gasteiger partial charge in [0.25, 0.3) is 0 Å². The Balaban J connectivity index is 1.74. The van der Waals surface area contributed by atoms with Gasteiger partial charge in [-0.2, -0.15) is 4.31 Å². The smallest absolute Gasteiger partial charge is 0.243 e. The lowest BCUT2D eigenvalue weighted by atomic mass is 9.99. The minimum Gasteiger partial charge on any atom is -0.328 e. The van der Waals surface area contributed by atoms with Crippen LogP contribution in [0.1, 0.15) is 64.8 Å². The van der Waals surface area contributed by atoms with E-state index in [4.69, 9.17) is 0 Å². The Morgan fingerprint density at radius 1 is 1.06 bits per heavy atom. The van der Waals surface area contributed by atoms with Crippen molar-refractivity contribution in [1.29, 1.82) is 0 Å². The van der Waals surface area contributed by atoms with Gasteiger partial charge in [-0.15, -0.1) is 0 Å². The number of nitrogens with one attached hydrogen (secondary N) is 1. The van der Waals surface area contributed by atoms with Crippen molar-refractivity contribution in [2.75, 3.05) is 18.4 Å². The Morgan fingerprint density at radius 2 is 1.74 bits per heavy atom. The maximum Gasteiger partial charge on any atom is 0.243 e. The van der Waals surface area contributed by atoms with Crippen LogP contribution in [0.3, 0.4) is 0 Å². The summed E-state index contributed by atoms with van der Waals surface area (Å²) in [5, 5.41) is 2.96. The van der Waals surface area contributed by atoms with Crippen molar-refractivity contribution in [3.8, 4) is 0 Å². The monoisotopic (exact) mass is 484 g/mol. The van der Waals surface area contributed by atoms with Gasteiger partial charge in [0.15, 0.2) is 0 Å². The van der Waals surface area contributed by atoms with Crippen molar-refractivity contribution < 1.29 is 13.2 Å². The van der Waals surface area contributed by atoms with E-state index >= 15 is 0 Å². The number of carbonyl (C=O) groups excluding carboxylic acids is 1. The first-order valence-corrected chi connectivity index (χ1v) is 13.6. The molecule has 7 nitrogen and oxygen atoms in total. The Labute approximate surface area is 203 Å². The molecule has 0 radical (unpaired) electrons. The molecule has 0 spiro atoms. The van der Waals surface area contributed by atoms with Gasteiger partial charge in [0, 0.05) is 38.2 Å². The number of rotatable bonds is 11. The minimum atomic E-state index is -3.55. The first kappa shape index (κ1) is 25.9. The number of hydrogen-bond donors (Lipinski definition) is 1. The normalized spacial score (nSPS) is 12.9. The molecule has 1 atom stereocenters. The molecule has 0 aliphatic carbocycles. The van der Waals surface area contributed by atoms with Gasteiger partial charge in [-0.25, -0.2) is 13.4 Å². The van der Waals surface area contributed by atoms with E-state index in [9.17, 15) is 13.2 Å². The quantitative estimate of drug-likeness (QED) is 0.407. The van der Waals surface area contributed by atoms with Crippen LogP contribution in [-0.4, -0.2) is 41.3 Å². The first-order chi connectivity index (χ1) is 16.2. The van der Waals surface area contributed by atoms with E-state index in [0.717, 1.165) is 23.4 Å². The lowest BCUT2D eigenvalue weighted by Crippen LogP contribution is -2.30. The van der Waals surface area contributed by atoms with Crippen LogP contribution in [-0.2, 0) is 27.8 Å². The fourth-order valence-corrected chi connectivity index (χ4v) is 5.63. The summed E-state index contributed by atoms with van der Waals surface area (Å²) < 4.78 is 29.3. The van der Waals surface area contributed by atoms with E-state index in [-0.39, 0.29) is 10.8 Å². The lowest BCUT2D eigenvalue weighted by molar-refractivity contribution is -0.116. The third kappa shape index (κ3) is 5.50. The van der Waals surface area contributed by atoms with Crippen LogP contribution in [0.2, 0.25) is 0 Å². The van der Waals surface area contributed by atoms with Crippen LogP contribution >= 0.6 is 0 Å². The van der Waals surface area contributed by atoms with Crippen LogP contribution in [0, 0.1) is 0 Å². The molecule has 34 heavy (non-hydrogen) atoms. The van der Waals surface area contributed by atoms with Crippen molar-refractivity contribution in [1.82, 2.24) is 13.9 Å². The van der Waals surface area contributed by atoms with Gasteiger partial charge in [-0.3, -0.25) is 4.79 Å². The zero-order chi connectivity index (χ0) is 24.9. The average Bonchev–Trinajstić information content (AvgIpc) is 3.20. The van der Waals surface area contributed by atoms with Gasteiger partial charge in [0.05, 0.1) is 15.9 Å². The zero-order valence-corrected chi connectivity index (χ0v) is 21.7. The number of sulfonamides is 1. The van der Waals surface area contributed by atoms with Crippen molar-refractivity contribution in [3.63, 3.8) is 0 Å². The van der Waals surface area contributed by atoms with Crippen LogP contribution in [0.25, 0.3) is 11.0 Å². The highest BCUT2D eigenvalue weighted by molar-refractivity contribution is 7.89. The number of benzene rings is 2. The molecule has 0 saturated heterocycles. The Bertz CT molecular complexity index is 1230. The summed E-state index contributed by atoms with van der Waals surface area (Å²) in [4.78, 5) is 17.5. The number of fused-ring (bicyclic) bond motifs is 1. The third-order valence-electron chi connectivity index (χ3n) is 6.41. The predicted molar refractivity (Wildman–Crippen MR) is 138 cm³/mol. The topological polar surface area (TPSA) is 84.3 Å². The lowest BCUT2D eigenvalue weighted by Gasteiger charge is -2.18. The van der Waals surface area contributed by atoms with E-state index in [0.29, 0.717) is 43.9 Å². The fourth-order valence-electron chi connectivity index (χ4n) is 4.16. The second-order valence-corrected chi connectivity index (χ2v) is 10.4. The van der Waals surface area contributed by atoms with Crippen LogP contribution < -0.4 is 5.32 Å². The third-order valence-corrected chi connectivity index (χ3v) is 8.46. The van der Waals surface area contributed by atoms with Crippen molar-refractivity contribution >= 4 is 32.7 Å². The molecule has 0 fully saturated rings. The minimum absolute atomic E-state index is 0.0733. The molecule has 1 amide bonds. The van der Waals surface area contributed by atoms with E-state index in [2.05, 4.69) is 36.3 Å². The molecule has 1 unspecified atom stereocenters. The molecule has 1 heterocycles. The molecular weight excluding hydrogens is 448 g/mol. The van der Waals surface area contributed by atoms with E-state index in [1.54, 1.807) is 12.1 Å². The molecule has 0 aliphatic heterocycles. The van der Waals surface area contributed by atoms with Crippen LogP contribution in [0.4, 0.5) is 5.69 Å². The van der Waals surface area contributed by atoms with Gasteiger partial charge in [0.2, 0.25) is 15.9 Å². The maximum atomic E-state index is 12.9. The van der Waals surface area contributed by atoms with Gasteiger partial charge in [-0.1, -0.05) is 39.8 Å². The molecular formula is C26H36N4O3S. The van der Waals surface area contributed by atoms with E-state index in [1.807, 2.05) is 43.5 Å². The molecule has 0 aliphatic rings. The predicted octanol–water partition coefficient (Wildman–Crippen LogP) is 5.17. The molecule has 1 aromatic heterocycles. The van der Waals surface area contributed by atoms with E-state index in [1.165, 1.54) is 9.87 Å². The number of aryl methyl sites for hydroxylation is 2. The van der Waals surface area contributed by atoms with E-state index < -0.39 is 10.0 Å². The Hall–Kier alpha value is -2.71. The second-order valence-electron chi connectivity index (χ2n) is 8.49. The SMILES string of the molecule is CCC(C)c1ccc(NC(=O)CCc2nc3cc(S(=O)(=O)N(CC)CC)ccc3n2CC)cc1. The standard InChI is InChI=1S/C26H36N4O3S/c1-6-19(5)20-10-12-21(13-11-20)27-26(31)17-16-25-28-23-18-22(14-15-24(23)30(25)9-4)34(32,33)29(7-2)8-3/h10-15,18-19H,6-9,16-17H2,1-5H3,(H,27,31). The summed E-state index contributed by atoms with van der Waals surface area (Å²) in [5.74, 6) is 1.20. The van der Waals surface area contributed by atoms with Crippen LogP contribution in [0.15, 0.2) is 47.4 Å². The summed E-state index contributed by atoms with van der Waals surface area (Å²) >= 11 is 0. The van der Waals surface area contributed by atoms with Crippen molar-refractivity contribution in [3.05, 3.63) is 53.9 Å². The highest BCUT2D eigenvalue weighted by Crippen LogP contribution is 2.24. The Kier molecular flexibility index (Phi) is 8.49. The van der Waals surface area contributed by atoms with Gasteiger partial charge in [-0.05, 0) is 55.2 Å². The zero-order valence-electron chi connectivity index (χ0n) is 20.8. The van der Waals surface area contributed by atoms with Gasteiger partial charge < -0.3 is 9.88 Å². The second kappa shape index (κ2) is 11.1. The first-order valence-electron chi connectivity index (χ1n) is 12.1. The van der Waals surface area contributed by atoms with Gasteiger partial charge in [0.1, 0.15) is 5.82 Å². The highest BCUT2D eigenvalue weighted by Gasteiger charge is 2.23. The molecule has 1 N–H and O–H groups in total. The fraction of sp³-hybridized carbons (Fsp3) is 0.462. The number of amides is 1. The number of aromatic nitrogens is 2. The number of imidazole rings is 1. The summed E-state index contributed by atoms with van der Waals surface area (Å²) in [7, 11) is -3.55. The summed E-state index contributed by atoms with van der Waals surface area (Å²) in [6.45, 7) is 11.5. The summed E-state index contributed by atoms with van der Waals surface area (Å²) in [5.41, 5.74) is 3.55.